The molecule has 29 heavy (non-hydrogen) atoms. The minimum Gasteiger partial charge on any atom is -0.404 e. The van der Waals surface area contributed by atoms with Crippen molar-refractivity contribution in [2.75, 3.05) is 0 Å². The maximum absolute atomic E-state index is 12.2. The van der Waals surface area contributed by atoms with Crippen LogP contribution in [0.5, 0.6) is 5.88 Å². The number of nitrogens with one attached hydrogen (secondary N) is 1. The van der Waals surface area contributed by atoms with Crippen molar-refractivity contribution in [2.45, 2.75) is 0 Å². The van der Waals surface area contributed by atoms with E-state index in [1.165, 1.54) is 0 Å². The molecule has 4 rings (SSSR count). The van der Waals surface area contributed by atoms with E-state index in [4.69, 9.17) is 10.5 Å². The average Bonchev–Trinajstić information content (AvgIpc) is 3.15. The van der Waals surface area contributed by atoms with Crippen LogP contribution >= 0.6 is 0 Å². The minimum atomic E-state index is -0.521. The number of aromatic amines is 1. The molecule has 0 unspecified atom stereocenters. The Morgan fingerprint density at radius 3 is 2.21 bits per heavy atom. The van der Waals surface area contributed by atoms with Gasteiger partial charge in [0.25, 0.3) is 0 Å². The number of ether oxygens (including phenoxy) is 1. The number of rotatable bonds is 5. The van der Waals surface area contributed by atoms with Gasteiger partial charge in [-0.1, -0.05) is 48.5 Å². The van der Waals surface area contributed by atoms with Crippen molar-refractivity contribution in [2.24, 2.45) is 5.73 Å². The highest BCUT2D eigenvalue weighted by Gasteiger charge is 2.13. The standard InChI is InChI=1S/C23H17N3O3/c24-21(27)19(15-7-3-1-4-8-15)13-17-14-25-22-18(17)11-12-20(26-22)29-23(28)16-9-5-2-6-10-16/h1-14H,(H2,24,27)(H,25,26). The zero-order chi connectivity index (χ0) is 20.2. The molecule has 0 aliphatic rings. The number of hydrogen-bond donors (Lipinski definition) is 2. The molecule has 6 heteroatoms. The summed E-state index contributed by atoms with van der Waals surface area (Å²) in [6.45, 7) is 0. The SMILES string of the molecule is NC(=O)C(=Cc1c[nH]c2nc(OC(=O)c3ccccc3)ccc12)c1ccccc1. The number of aromatic nitrogens is 2. The third-order valence-electron chi connectivity index (χ3n) is 4.40. The molecule has 0 saturated heterocycles. The van der Waals surface area contributed by atoms with E-state index in [1.807, 2.05) is 36.4 Å². The first-order valence-corrected chi connectivity index (χ1v) is 8.94. The molecular formula is C23H17N3O3. The number of nitrogens with two attached hydrogens (primary N) is 1. The quantitative estimate of drug-likeness (QED) is 0.404. The van der Waals surface area contributed by atoms with Gasteiger partial charge in [-0.2, -0.15) is 4.98 Å². The van der Waals surface area contributed by atoms with Crippen molar-refractivity contribution in [1.29, 1.82) is 0 Å². The Labute approximate surface area is 166 Å². The fraction of sp³-hybridized carbons (Fsp3) is 0. The molecule has 0 saturated carbocycles. The number of H-pyrrole nitrogens is 1. The molecule has 0 aliphatic heterocycles. The molecule has 0 bridgehead atoms. The summed E-state index contributed by atoms with van der Waals surface area (Å²) >= 11 is 0. The highest BCUT2D eigenvalue weighted by atomic mass is 16.5. The molecule has 2 aromatic carbocycles. The molecule has 0 radical (unpaired) electrons. The van der Waals surface area contributed by atoms with E-state index in [-0.39, 0.29) is 5.88 Å². The zero-order valence-electron chi connectivity index (χ0n) is 15.3. The Morgan fingerprint density at radius 1 is 0.897 bits per heavy atom. The molecular weight excluding hydrogens is 366 g/mol. The van der Waals surface area contributed by atoms with Crippen LogP contribution in [0.2, 0.25) is 0 Å². The van der Waals surface area contributed by atoms with Crippen LogP contribution in [-0.4, -0.2) is 21.8 Å². The summed E-state index contributed by atoms with van der Waals surface area (Å²) in [6, 6.07) is 21.3. The van der Waals surface area contributed by atoms with Crippen molar-refractivity contribution >= 4 is 34.6 Å². The number of fused-ring (bicyclic) bond motifs is 1. The van der Waals surface area contributed by atoms with Gasteiger partial charge >= 0.3 is 5.97 Å². The first-order chi connectivity index (χ1) is 14.1. The van der Waals surface area contributed by atoms with E-state index >= 15 is 0 Å². The third-order valence-corrected chi connectivity index (χ3v) is 4.40. The highest BCUT2D eigenvalue weighted by Crippen LogP contribution is 2.25. The largest absolute Gasteiger partial charge is 0.404 e. The number of pyridine rings is 1. The molecule has 3 N–H and O–H groups in total. The summed E-state index contributed by atoms with van der Waals surface area (Å²) in [5.74, 6) is -0.821. The third kappa shape index (κ3) is 3.91. The summed E-state index contributed by atoms with van der Waals surface area (Å²) in [7, 11) is 0. The Bertz CT molecular complexity index is 1210. The lowest BCUT2D eigenvalue weighted by molar-refractivity contribution is -0.112. The van der Waals surface area contributed by atoms with Crippen molar-refractivity contribution in [3.63, 3.8) is 0 Å². The Balaban J connectivity index is 1.65. The van der Waals surface area contributed by atoms with Crippen LogP contribution in [0.4, 0.5) is 0 Å². The number of amides is 1. The number of benzene rings is 2. The van der Waals surface area contributed by atoms with Gasteiger partial charge in [-0.3, -0.25) is 4.79 Å². The van der Waals surface area contributed by atoms with E-state index in [0.29, 0.717) is 16.8 Å². The zero-order valence-corrected chi connectivity index (χ0v) is 15.3. The maximum atomic E-state index is 12.2. The predicted molar refractivity (Wildman–Crippen MR) is 111 cm³/mol. The second-order valence-electron chi connectivity index (χ2n) is 6.33. The summed E-state index contributed by atoms with van der Waals surface area (Å²) in [5.41, 5.74) is 8.43. The van der Waals surface area contributed by atoms with Crippen molar-refractivity contribution in [3.8, 4) is 5.88 Å². The van der Waals surface area contributed by atoms with Gasteiger partial charge in [0, 0.05) is 28.8 Å². The van der Waals surface area contributed by atoms with Gasteiger partial charge in [0.2, 0.25) is 11.8 Å². The lowest BCUT2D eigenvalue weighted by Gasteiger charge is -2.04. The van der Waals surface area contributed by atoms with Gasteiger partial charge in [-0.15, -0.1) is 0 Å². The monoisotopic (exact) mass is 383 g/mol. The molecule has 2 heterocycles. The molecule has 0 aliphatic carbocycles. The van der Waals surface area contributed by atoms with E-state index in [0.717, 1.165) is 16.5 Å². The van der Waals surface area contributed by atoms with Crippen LogP contribution in [0.1, 0.15) is 21.5 Å². The van der Waals surface area contributed by atoms with E-state index < -0.39 is 11.9 Å². The topological polar surface area (TPSA) is 98.1 Å². The van der Waals surface area contributed by atoms with Crippen LogP contribution < -0.4 is 10.5 Å². The lowest BCUT2D eigenvalue weighted by atomic mass is 10.0. The molecule has 0 atom stereocenters. The smallest absolute Gasteiger partial charge is 0.344 e. The normalized spacial score (nSPS) is 11.4. The van der Waals surface area contributed by atoms with Crippen molar-refractivity contribution in [3.05, 3.63) is 95.7 Å². The first kappa shape index (κ1) is 18.2. The maximum Gasteiger partial charge on any atom is 0.344 e. The number of carbonyl (C=O) groups excluding carboxylic acids is 2. The van der Waals surface area contributed by atoms with Gasteiger partial charge < -0.3 is 15.5 Å². The fourth-order valence-corrected chi connectivity index (χ4v) is 2.98. The second kappa shape index (κ2) is 7.82. The number of carbonyl (C=O) groups is 2. The van der Waals surface area contributed by atoms with Crippen LogP contribution in [0.3, 0.4) is 0 Å². The van der Waals surface area contributed by atoms with Gasteiger partial charge in [0.1, 0.15) is 5.65 Å². The van der Waals surface area contributed by atoms with Gasteiger partial charge in [-0.25, -0.2) is 4.79 Å². The van der Waals surface area contributed by atoms with E-state index in [9.17, 15) is 9.59 Å². The van der Waals surface area contributed by atoms with Gasteiger partial charge in [0.15, 0.2) is 0 Å². The Hall–Kier alpha value is -4.19. The molecule has 142 valence electrons. The van der Waals surface area contributed by atoms with Crippen molar-refractivity contribution in [1.82, 2.24) is 9.97 Å². The molecule has 0 spiro atoms. The molecule has 2 aromatic heterocycles. The molecule has 4 aromatic rings. The minimum absolute atomic E-state index is 0.182. The second-order valence-corrected chi connectivity index (χ2v) is 6.33. The fourth-order valence-electron chi connectivity index (χ4n) is 2.98. The lowest BCUT2D eigenvalue weighted by Crippen LogP contribution is -2.12. The Morgan fingerprint density at radius 2 is 1.55 bits per heavy atom. The molecule has 1 amide bonds. The van der Waals surface area contributed by atoms with Gasteiger partial charge in [0.05, 0.1) is 5.56 Å². The first-order valence-electron chi connectivity index (χ1n) is 8.94. The van der Waals surface area contributed by atoms with Crippen LogP contribution in [-0.2, 0) is 4.79 Å². The summed E-state index contributed by atoms with van der Waals surface area (Å²) < 4.78 is 5.35. The predicted octanol–water partition coefficient (Wildman–Crippen LogP) is 3.81. The van der Waals surface area contributed by atoms with Crippen LogP contribution in [0.25, 0.3) is 22.7 Å². The summed E-state index contributed by atoms with van der Waals surface area (Å²) in [6.07, 6.45) is 3.44. The van der Waals surface area contributed by atoms with E-state index in [1.54, 1.807) is 48.7 Å². The van der Waals surface area contributed by atoms with Crippen LogP contribution in [0, 0.1) is 0 Å². The number of primary amides is 1. The highest BCUT2D eigenvalue weighted by molar-refractivity contribution is 6.24. The number of hydrogen-bond acceptors (Lipinski definition) is 4. The summed E-state index contributed by atoms with van der Waals surface area (Å²) in [4.78, 5) is 31.5. The van der Waals surface area contributed by atoms with E-state index in [2.05, 4.69) is 9.97 Å². The van der Waals surface area contributed by atoms with Crippen molar-refractivity contribution < 1.29 is 14.3 Å². The average molecular weight is 383 g/mol. The van der Waals surface area contributed by atoms with Gasteiger partial charge in [-0.05, 0) is 29.8 Å². The molecule has 0 fully saturated rings. The summed E-state index contributed by atoms with van der Waals surface area (Å²) in [5, 5.41) is 0.777. The van der Waals surface area contributed by atoms with Crippen LogP contribution in [0.15, 0.2) is 79.0 Å². The Kier molecular flexibility index (Phi) is 4.90. The molecule has 6 nitrogen and oxygen atoms in total. The number of esters is 1. The number of nitrogens with zero attached hydrogens (tertiary/aromatic N) is 1.